The molecule has 3 rings (SSSR count). The third-order valence-corrected chi connectivity index (χ3v) is 5.27. The summed E-state index contributed by atoms with van der Waals surface area (Å²) in [6.45, 7) is 2.37. The number of halogens is 1. The van der Waals surface area contributed by atoms with Gasteiger partial charge in [0, 0.05) is 24.3 Å². The Balaban J connectivity index is 1.87. The highest BCUT2D eigenvalue weighted by atomic mass is 79.9. The average Bonchev–Trinajstić information content (AvgIpc) is 2.82. The lowest BCUT2D eigenvalue weighted by atomic mass is 10.0. The Kier molecular flexibility index (Phi) is 7.95. The summed E-state index contributed by atoms with van der Waals surface area (Å²) in [5.41, 5.74) is 2.21. The molecule has 3 aromatic rings. The van der Waals surface area contributed by atoms with Gasteiger partial charge in [0.05, 0.1) is 32.6 Å². The Hall–Kier alpha value is -4.23. The van der Waals surface area contributed by atoms with Crippen molar-refractivity contribution in [3.8, 4) is 17.6 Å². The van der Waals surface area contributed by atoms with Crippen LogP contribution in [-0.2, 0) is 6.61 Å². The molecule has 10 heteroatoms. The fourth-order valence-electron chi connectivity index (χ4n) is 3.05. The van der Waals surface area contributed by atoms with Crippen LogP contribution >= 0.6 is 15.9 Å². The first kappa shape index (κ1) is 24.4. The van der Waals surface area contributed by atoms with Gasteiger partial charge in [0.15, 0.2) is 11.5 Å². The average molecular weight is 524 g/mol. The molecular formula is C24H18BrN3O6. The molecule has 0 amide bonds. The van der Waals surface area contributed by atoms with Gasteiger partial charge in [-0.3, -0.25) is 20.2 Å². The first-order valence-electron chi connectivity index (χ1n) is 10.0. The molecule has 0 unspecified atom stereocenters. The van der Waals surface area contributed by atoms with Crippen molar-refractivity contribution < 1.29 is 19.3 Å². The molecule has 0 fully saturated rings. The van der Waals surface area contributed by atoms with Crippen LogP contribution in [0.3, 0.4) is 0 Å². The summed E-state index contributed by atoms with van der Waals surface area (Å²) in [7, 11) is 0. The van der Waals surface area contributed by atoms with Gasteiger partial charge in [-0.25, -0.2) is 0 Å². The molecular weight excluding hydrogens is 506 g/mol. The van der Waals surface area contributed by atoms with Crippen LogP contribution < -0.4 is 9.47 Å². The van der Waals surface area contributed by atoms with Crippen LogP contribution in [0, 0.1) is 31.6 Å². The van der Waals surface area contributed by atoms with Crippen LogP contribution in [0.1, 0.15) is 23.6 Å². The van der Waals surface area contributed by atoms with Gasteiger partial charge in [-0.2, -0.15) is 5.26 Å². The molecule has 0 heterocycles. The van der Waals surface area contributed by atoms with Crippen molar-refractivity contribution in [3.63, 3.8) is 0 Å². The number of nitro benzene ring substituents is 2. The highest BCUT2D eigenvalue weighted by Crippen LogP contribution is 2.38. The predicted octanol–water partition coefficient (Wildman–Crippen LogP) is 6.31. The molecule has 9 nitrogen and oxygen atoms in total. The maximum Gasteiger partial charge on any atom is 0.269 e. The summed E-state index contributed by atoms with van der Waals surface area (Å²) in [6, 6.07) is 17.4. The van der Waals surface area contributed by atoms with Crippen molar-refractivity contribution in [1.29, 1.82) is 5.26 Å². The number of hydrogen-bond acceptors (Lipinski definition) is 7. The monoisotopic (exact) mass is 523 g/mol. The molecule has 0 atom stereocenters. The Morgan fingerprint density at radius 1 is 1.00 bits per heavy atom. The molecule has 34 heavy (non-hydrogen) atoms. The normalized spacial score (nSPS) is 10.9. The number of nitriles is 1. The number of rotatable bonds is 9. The van der Waals surface area contributed by atoms with Crippen LogP contribution in [0.5, 0.6) is 11.5 Å². The minimum atomic E-state index is -0.500. The first-order chi connectivity index (χ1) is 16.3. The molecule has 0 aromatic heterocycles. The second-order valence-electron chi connectivity index (χ2n) is 6.95. The van der Waals surface area contributed by atoms with Crippen molar-refractivity contribution in [2.24, 2.45) is 0 Å². The van der Waals surface area contributed by atoms with E-state index in [1.807, 2.05) is 6.92 Å². The van der Waals surface area contributed by atoms with Gasteiger partial charge >= 0.3 is 0 Å². The number of non-ortho nitro benzene ring substituents is 2. The molecule has 0 bridgehead atoms. The Labute approximate surface area is 203 Å². The quantitative estimate of drug-likeness (QED) is 0.139. The van der Waals surface area contributed by atoms with E-state index in [1.54, 1.807) is 30.3 Å². The molecule has 0 aliphatic rings. The summed E-state index contributed by atoms with van der Waals surface area (Å²) in [5.74, 6) is 0.900. The predicted molar refractivity (Wildman–Crippen MR) is 129 cm³/mol. The van der Waals surface area contributed by atoms with Gasteiger partial charge in [-0.05, 0) is 82.0 Å². The van der Waals surface area contributed by atoms with Gasteiger partial charge < -0.3 is 9.47 Å². The highest BCUT2D eigenvalue weighted by Gasteiger charge is 2.14. The maximum absolute atomic E-state index is 10.9. The standard InChI is InChI=1S/C24H18BrN3O6/c1-2-33-23-13-17(11-19(14-26)18-5-9-21(10-6-18)28(31)32)12-22(25)24(23)34-15-16-3-7-20(8-4-16)27(29)30/h3-13H,2,15H2,1H3. The third-order valence-electron chi connectivity index (χ3n) is 4.68. The number of allylic oxidation sites excluding steroid dienone is 1. The summed E-state index contributed by atoms with van der Waals surface area (Å²) < 4.78 is 12.2. The van der Waals surface area contributed by atoms with Gasteiger partial charge in [0.2, 0.25) is 0 Å². The van der Waals surface area contributed by atoms with Crippen LogP contribution in [0.15, 0.2) is 65.1 Å². The maximum atomic E-state index is 10.9. The van der Waals surface area contributed by atoms with E-state index in [0.717, 1.165) is 5.56 Å². The molecule has 0 N–H and O–H groups in total. The van der Waals surface area contributed by atoms with E-state index < -0.39 is 9.85 Å². The first-order valence-corrected chi connectivity index (χ1v) is 10.8. The molecule has 172 valence electrons. The second-order valence-corrected chi connectivity index (χ2v) is 7.80. The number of nitro groups is 2. The van der Waals surface area contributed by atoms with Crippen LogP contribution in [0.25, 0.3) is 11.6 Å². The van der Waals surface area contributed by atoms with Crippen molar-refractivity contribution >= 4 is 39.0 Å². The molecule has 0 aliphatic heterocycles. The lowest BCUT2D eigenvalue weighted by molar-refractivity contribution is -0.385. The minimum Gasteiger partial charge on any atom is -0.490 e. The summed E-state index contributed by atoms with van der Waals surface area (Å²) in [5, 5.41) is 31.3. The van der Waals surface area contributed by atoms with Gasteiger partial charge in [0.25, 0.3) is 11.4 Å². The molecule has 0 aliphatic carbocycles. The van der Waals surface area contributed by atoms with Crippen LogP contribution in [0.4, 0.5) is 11.4 Å². The zero-order chi connectivity index (χ0) is 24.7. The summed E-state index contributed by atoms with van der Waals surface area (Å²) in [4.78, 5) is 20.7. The molecule has 3 aromatic carbocycles. The van der Waals surface area contributed by atoms with Crippen molar-refractivity contribution in [3.05, 3.63) is 102 Å². The Morgan fingerprint density at radius 2 is 1.59 bits per heavy atom. The second kappa shape index (κ2) is 11.1. The Bertz CT molecular complexity index is 1280. The van der Waals surface area contributed by atoms with E-state index in [0.29, 0.717) is 39.3 Å². The van der Waals surface area contributed by atoms with Gasteiger partial charge in [0.1, 0.15) is 6.61 Å². The van der Waals surface area contributed by atoms with E-state index >= 15 is 0 Å². The van der Waals surface area contributed by atoms with E-state index in [9.17, 15) is 25.5 Å². The molecule has 0 radical (unpaired) electrons. The molecule has 0 saturated carbocycles. The molecule has 0 saturated heterocycles. The van der Waals surface area contributed by atoms with E-state index in [-0.39, 0.29) is 18.0 Å². The fraction of sp³-hybridized carbons (Fsp3) is 0.125. The highest BCUT2D eigenvalue weighted by molar-refractivity contribution is 9.10. The minimum absolute atomic E-state index is 0.00241. The fourth-order valence-corrected chi connectivity index (χ4v) is 3.63. The SMILES string of the molecule is CCOc1cc(C=C(C#N)c2ccc([N+](=O)[O-])cc2)cc(Br)c1OCc1ccc([N+](=O)[O-])cc1. The lowest BCUT2D eigenvalue weighted by Gasteiger charge is -2.15. The van der Waals surface area contributed by atoms with Crippen molar-refractivity contribution in [2.45, 2.75) is 13.5 Å². The van der Waals surface area contributed by atoms with Gasteiger partial charge in [-0.15, -0.1) is 0 Å². The van der Waals surface area contributed by atoms with E-state index in [2.05, 4.69) is 22.0 Å². The zero-order valence-electron chi connectivity index (χ0n) is 17.9. The summed E-state index contributed by atoms with van der Waals surface area (Å²) in [6.07, 6.45) is 1.65. The molecule has 0 spiro atoms. The Morgan fingerprint density at radius 3 is 2.12 bits per heavy atom. The topological polar surface area (TPSA) is 129 Å². The van der Waals surface area contributed by atoms with Crippen molar-refractivity contribution in [2.75, 3.05) is 6.61 Å². The van der Waals surface area contributed by atoms with Crippen LogP contribution in [-0.4, -0.2) is 16.5 Å². The smallest absolute Gasteiger partial charge is 0.269 e. The van der Waals surface area contributed by atoms with Gasteiger partial charge in [-0.1, -0.05) is 0 Å². The van der Waals surface area contributed by atoms with E-state index in [4.69, 9.17) is 9.47 Å². The number of benzene rings is 3. The zero-order valence-corrected chi connectivity index (χ0v) is 19.5. The lowest BCUT2D eigenvalue weighted by Crippen LogP contribution is -2.01. The van der Waals surface area contributed by atoms with E-state index in [1.165, 1.54) is 36.4 Å². The number of hydrogen-bond donors (Lipinski definition) is 0. The number of nitrogens with zero attached hydrogens (tertiary/aromatic N) is 3. The number of ether oxygens (including phenoxy) is 2. The third kappa shape index (κ3) is 5.96. The van der Waals surface area contributed by atoms with Crippen LogP contribution in [0.2, 0.25) is 0 Å². The van der Waals surface area contributed by atoms with Crippen molar-refractivity contribution in [1.82, 2.24) is 0 Å². The summed E-state index contributed by atoms with van der Waals surface area (Å²) >= 11 is 3.48. The largest absolute Gasteiger partial charge is 0.490 e.